The van der Waals surface area contributed by atoms with Gasteiger partial charge in [0.05, 0.1) is 11.4 Å². The number of aryl methyl sites for hydroxylation is 2. The van der Waals surface area contributed by atoms with Gasteiger partial charge in [-0.05, 0) is 38.0 Å². The third-order valence-corrected chi connectivity index (χ3v) is 8.13. The maximum absolute atomic E-state index is 13.1. The number of aromatic nitrogens is 2. The van der Waals surface area contributed by atoms with E-state index in [-0.39, 0.29) is 5.91 Å². The van der Waals surface area contributed by atoms with Crippen molar-refractivity contribution in [1.29, 1.82) is 0 Å². The van der Waals surface area contributed by atoms with Crippen molar-refractivity contribution in [2.24, 2.45) is 0 Å². The standard InChI is InChI=1S/C20H21N3OS3/c1-12-8-9-23(15-6-4-5-7-16(15)26-12)17(24)10-25-19-18-13(2)14(3)27-20(18)22-11-21-19/h4-7,11-12H,8-10H2,1-3H3/t12-/m1/s1. The summed E-state index contributed by atoms with van der Waals surface area (Å²) in [5.41, 5.74) is 2.25. The molecule has 0 aliphatic carbocycles. The first-order valence-corrected chi connectivity index (χ1v) is 11.6. The average Bonchev–Trinajstić information content (AvgIpc) is 2.85. The summed E-state index contributed by atoms with van der Waals surface area (Å²) >= 11 is 5.06. The Kier molecular flexibility index (Phi) is 5.43. The number of anilines is 1. The Labute approximate surface area is 171 Å². The minimum absolute atomic E-state index is 0.138. The van der Waals surface area contributed by atoms with E-state index in [2.05, 4.69) is 42.9 Å². The normalized spacial score (nSPS) is 17.0. The van der Waals surface area contributed by atoms with Crippen LogP contribution in [0.5, 0.6) is 0 Å². The van der Waals surface area contributed by atoms with Gasteiger partial charge in [-0.1, -0.05) is 30.8 Å². The second kappa shape index (κ2) is 7.81. The minimum atomic E-state index is 0.138. The van der Waals surface area contributed by atoms with Crippen LogP contribution in [-0.2, 0) is 4.79 Å². The third-order valence-electron chi connectivity index (χ3n) is 4.81. The Morgan fingerprint density at radius 1 is 1.30 bits per heavy atom. The topological polar surface area (TPSA) is 46.1 Å². The van der Waals surface area contributed by atoms with Gasteiger partial charge in [0.15, 0.2) is 0 Å². The molecule has 1 amide bonds. The summed E-state index contributed by atoms with van der Waals surface area (Å²) in [6.45, 7) is 7.20. The molecule has 3 aromatic rings. The molecule has 0 N–H and O–H groups in total. The molecule has 0 saturated heterocycles. The Balaban J connectivity index is 1.57. The number of amides is 1. The molecule has 2 aromatic heterocycles. The van der Waals surface area contributed by atoms with Crippen molar-refractivity contribution in [1.82, 2.24) is 9.97 Å². The molecule has 1 aliphatic heterocycles. The van der Waals surface area contributed by atoms with E-state index in [9.17, 15) is 4.79 Å². The molecule has 27 heavy (non-hydrogen) atoms. The summed E-state index contributed by atoms with van der Waals surface area (Å²) in [5.74, 6) is 0.520. The lowest BCUT2D eigenvalue weighted by molar-refractivity contribution is -0.116. The zero-order valence-corrected chi connectivity index (χ0v) is 18.0. The fraction of sp³-hybridized carbons (Fsp3) is 0.350. The van der Waals surface area contributed by atoms with Crippen LogP contribution in [0.3, 0.4) is 0 Å². The number of carbonyl (C=O) groups is 1. The number of fused-ring (bicyclic) bond motifs is 2. The van der Waals surface area contributed by atoms with Gasteiger partial charge in [-0.2, -0.15) is 0 Å². The number of hydrogen-bond donors (Lipinski definition) is 0. The molecule has 3 heterocycles. The average molecular weight is 416 g/mol. The van der Waals surface area contributed by atoms with Crippen LogP contribution in [0.1, 0.15) is 23.8 Å². The van der Waals surface area contributed by atoms with Crippen molar-refractivity contribution in [3.63, 3.8) is 0 Å². The predicted molar refractivity (Wildman–Crippen MR) is 116 cm³/mol. The number of benzene rings is 1. The van der Waals surface area contributed by atoms with Gasteiger partial charge in [0.25, 0.3) is 0 Å². The van der Waals surface area contributed by atoms with Crippen molar-refractivity contribution in [3.05, 3.63) is 41.0 Å². The molecule has 140 valence electrons. The van der Waals surface area contributed by atoms with Crippen LogP contribution < -0.4 is 4.90 Å². The number of hydrogen-bond acceptors (Lipinski definition) is 6. The van der Waals surface area contributed by atoms with E-state index in [1.54, 1.807) is 17.7 Å². The summed E-state index contributed by atoms with van der Waals surface area (Å²) in [6, 6.07) is 8.22. The lowest BCUT2D eigenvalue weighted by Gasteiger charge is -2.22. The van der Waals surface area contributed by atoms with E-state index < -0.39 is 0 Å². The molecule has 0 saturated carbocycles. The molecule has 0 unspecified atom stereocenters. The number of para-hydroxylation sites is 1. The number of thiophene rings is 1. The molecule has 4 rings (SSSR count). The van der Waals surface area contributed by atoms with Gasteiger partial charge in [0.1, 0.15) is 16.2 Å². The first-order chi connectivity index (χ1) is 13.0. The van der Waals surface area contributed by atoms with Gasteiger partial charge in [0, 0.05) is 27.0 Å². The van der Waals surface area contributed by atoms with Crippen LogP contribution >= 0.6 is 34.9 Å². The smallest absolute Gasteiger partial charge is 0.237 e. The van der Waals surface area contributed by atoms with Crippen molar-refractivity contribution in [3.8, 4) is 0 Å². The zero-order chi connectivity index (χ0) is 19.0. The summed E-state index contributed by atoms with van der Waals surface area (Å²) in [5, 5.41) is 2.51. The molecule has 1 aromatic carbocycles. The van der Waals surface area contributed by atoms with E-state index in [0.29, 0.717) is 11.0 Å². The molecular weight excluding hydrogens is 394 g/mol. The van der Waals surface area contributed by atoms with E-state index >= 15 is 0 Å². The van der Waals surface area contributed by atoms with Crippen LogP contribution in [0, 0.1) is 13.8 Å². The molecule has 4 nitrogen and oxygen atoms in total. The molecule has 0 spiro atoms. The quantitative estimate of drug-likeness (QED) is 0.428. The summed E-state index contributed by atoms with van der Waals surface area (Å²) < 4.78 is 0. The Morgan fingerprint density at radius 2 is 2.11 bits per heavy atom. The van der Waals surface area contributed by atoms with E-state index in [4.69, 9.17) is 0 Å². The molecule has 0 fully saturated rings. The first kappa shape index (κ1) is 18.8. The maximum atomic E-state index is 13.1. The van der Waals surface area contributed by atoms with Crippen molar-refractivity contribution in [2.75, 3.05) is 17.2 Å². The molecule has 0 bridgehead atoms. The van der Waals surface area contributed by atoms with Crippen LogP contribution in [0.25, 0.3) is 10.2 Å². The highest BCUT2D eigenvalue weighted by atomic mass is 32.2. The predicted octanol–water partition coefficient (Wildman–Crippen LogP) is 5.32. The minimum Gasteiger partial charge on any atom is -0.311 e. The number of thioether (sulfide) groups is 2. The van der Waals surface area contributed by atoms with Gasteiger partial charge in [0.2, 0.25) is 5.91 Å². The van der Waals surface area contributed by atoms with Crippen molar-refractivity contribution >= 4 is 56.7 Å². The monoisotopic (exact) mass is 415 g/mol. The molecule has 1 aliphatic rings. The van der Waals surface area contributed by atoms with Crippen LogP contribution in [0.15, 0.2) is 40.5 Å². The van der Waals surface area contributed by atoms with Crippen molar-refractivity contribution in [2.45, 2.75) is 42.4 Å². The number of carbonyl (C=O) groups excluding carboxylic acids is 1. The highest BCUT2D eigenvalue weighted by Crippen LogP contribution is 2.38. The highest BCUT2D eigenvalue weighted by Gasteiger charge is 2.24. The third kappa shape index (κ3) is 3.73. The SMILES string of the molecule is Cc1sc2ncnc(SCC(=O)N3CC[C@@H](C)Sc4ccccc43)c2c1C. The second-order valence-corrected chi connectivity index (χ2v) is 10.3. The molecule has 1 atom stereocenters. The Bertz CT molecular complexity index is 1000. The van der Waals surface area contributed by atoms with Crippen LogP contribution in [0.2, 0.25) is 0 Å². The number of rotatable bonds is 3. The van der Waals surface area contributed by atoms with Crippen LogP contribution in [-0.4, -0.2) is 33.4 Å². The molecular formula is C20H21N3OS3. The first-order valence-electron chi connectivity index (χ1n) is 8.94. The Hall–Kier alpha value is -1.57. The Morgan fingerprint density at radius 3 is 2.96 bits per heavy atom. The van der Waals surface area contributed by atoms with E-state index in [1.165, 1.54) is 27.1 Å². The summed E-state index contributed by atoms with van der Waals surface area (Å²) in [6.07, 6.45) is 2.60. The van der Waals surface area contributed by atoms with Gasteiger partial charge >= 0.3 is 0 Å². The lowest BCUT2D eigenvalue weighted by atomic mass is 10.2. The zero-order valence-electron chi connectivity index (χ0n) is 15.6. The largest absolute Gasteiger partial charge is 0.311 e. The van der Waals surface area contributed by atoms with Gasteiger partial charge in [-0.15, -0.1) is 23.1 Å². The van der Waals surface area contributed by atoms with E-state index in [0.717, 1.165) is 33.9 Å². The lowest BCUT2D eigenvalue weighted by Crippen LogP contribution is -2.33. The van der Waals surface area contributed by atoms with Crippen molar-refractivity contribution < 1.29 is 4.79 Å². The second-order valence-electron chi connectivity index (χ2n) is 6.66. The molecule has 7 heteroatoms. The fourth-order valence-corrected chi connectivity index (χ4v) is 6.32. The van der Waals surface area contributed by atoms with Gasteiger partial charge in [-0.3, -0.25) is 4.79 Å². The summed E-state index contributed by atoms with van der Waals surface area (Å²) in [7, 11) is 0. The van der Waals surface area contributed by atoms with Gasteiger partial charge in [-0.25, -0.2) is 9.97 Å². The maximum Gasteiger partial charge on any atom is 0.237 e. The highest BCUT2D eigenvalue weighted by molar-refractivity contribution is 8.00. The fourth-order valence-electron chi connectivity index (χ4n) is 3.21. The molecule has 0 radical (unpaired) electrons. The summed E-state index contributed by atoms with van der Waals surface area (Å²) in [4.78, 5) is 27.3. The van der Waals surface area contributed by atoms with E-state index in [1.807, 2.05) is 28.8 Å². The number of nitrogens with zero attached hydrogens (tertiary/aromatic N) is 3. The van der Waals surface area contributed by atoms with Gasteiger partial charge < -0.3 is 4.90 Å². The van der Waals surface area contributed by atoms with Crippen LogP contribution in [0.4, 0.5) is 5.69 Å².